The molecule has 2 aliphatic heterocycles. The molecular formula is C71H58F7I6N11O10. The number of amidine groups is 1. The van der Waals surface area contributed by atoms with Gasteiger partial charge in [0.1, 0.15) is 86.8 Å². The second kappa shape index (κ2) is 41.5. The van der Waals surface area contributed by atoms with E-state index < -0.39 is 64.1 Å². The lowest BCUT2D eigenvalue weighted by molar-refractivity contribution is -0.127. The molecule has 0 radical (unpaired) electrons. The first-order chi connectivity index (χ1) is 49.4. The molecule has 0 unspecified atom stereocenters. The van der Waals surface area contributed by atoms with E-state index in [1.807, 2.05) is 136 Å². The number of ether oxygens (including phenoxy) is 1. The van der Waals surface area contributed by atoms with Crippen LogP contribution >= 0.6 is 136 Å². The maximum Gasteiger partial charge on any atom is 0.256 e. The molecule has 548 valence electrons. The molecule has 0 spiro atoms. The molecule has 10 rings (SSSR count). The number of pyridine rings is 1. The third kappa shape index (κ3) is 27.2. The number of anilines is 5. The molecule has 3 heterocycles. The lowest BCUT2D eigenvalue weighted by Crippen LogP contribution is -2.39. The lowest BCUT2D eigenvalue weighted by atomic mass is 10.0. The number of aromatic nitrogens is 1. The van der Waals surface area contributed by atoms with Gasteiger partial charge in [-0.2, -0.15) is 5.26 Å². The van der Waals surface area contributed by atoms with E-state index >= 15 is 0 Å². The first-order valence-corrected chi connectivity index (χ1v) is 36.3. The fraction of sp³-hybridized carbons (Fsp3) is 0.141. The number of nitrogens with two attached hydrogens (primary N) is 3. The summed E-state index contributed by atoms with van der Waals surface area (Å²) >= 11 is 11.9. The molecule has 0 bridgehead atoms. The van der Waals surface area contributed by atoms with E-state index in [0.717, 1.165) is 40.8 Å². The van der Waals surface area contributed by atoms with Gasteiger partial charge in [-0.1, -0.05) is 18.2 Å². The second-order valence-corrected chi connectivity index (χ2v) is 29.4. The number of aliphatic hydroxyl groups is 1. The van der Waals surface area contributed by atoms with Crippen LogP contribution in [-0.2, 0) is 48.7 Å². The number of aliphatic hydroxyl groups excluding tert-OH is 1. The van der Waals surface area contributed by atoms with Crippen LogP contribution in [0.1, 0.15) is 52.7 Å². The molecule has 21 nitrogen and oxygen atoms in total. The minimum atomic E-state index is -0.905. The highest BCUT2D eigenvalue weighted by molar-refractivity contribution is 14.1. The van der Waals surface area contributed by atoms with Gasteiger partial charge in [0, 0.05) is 72.8 Å². The highest BCUT2D eigenvalue weighted by Crippen LogP contribution is 2.34. The minimum Gasteiger partial charge on any atom is -0.512 e. The van der Waals surface area contributed by atoms with Crippen molar-refractivity contribution in [1.82, 2.24) is 9.47 Å². The molecule has 9 N–H and O–H groups in total. The first-order valence-electron chi connectivity index (χ1n) is 29.8. The van der Waals surface area contributed by atoms with Crippen molar-refractivity contribution in [3.63, 3.8) is 0 Å². The number of aliphatic imine (C=N–C) groups is 1. The number of rotatable bonds is 16. The van der Waals surface area contributed by atoms with E-state index in [1.54, 1.807) is 73.6 Å². The summed E-state index contributed by atoms with van der Waals surface area (Å²) in [6.45, 7) is 1.50. The smallest absolute Gasteiger partial charge is 0.256 e. The number of hydrogen-bond donors (Lipinski definition) is 6. The van der Waals surface area contributed by atoms with Crippen molar-refractivity contribution in [2.75, 3.05) is 34.9 Å². The topological polar surface area (TPSA) is 331 Å². The summed E-state index contributed by atoms with van der Waals surface area (Å²) in [7, 11) is 4.91. The molecule has 0 saturated heterocycles. The summed E-state index contributed by atoms with van der Waals surface area (Å²) in [5, 5.41) is 27.8. The van der Waals surface area contributed by atoms with Crippen molar-refractivity contribution in [3.8, 4) is 17.6 Å². The number of amides is 4. The summed E-state index contributed by atoms with van der Waals surface area (Å²) in [4.78, 5) is 101. The van der Waals surface area contributed by atoms with Crippen LogP contribution in [0.3, 0.4) is 0 Å². The van der Waals surface area contributed by atoms with Crippen LogP contribution in [0.5, 0.6) is 11.5 Å². The van der Waals surface area contributed by atoms with Crippen LogP contribution in [0.15, 0.2) is 167 Å². The van der Waals surface area contributed by atoms with E-state index in [9.17, 15) is 74.2 Å². The van der Waals surface area contributed by atoms with E-state index in [1.165, 1.54) is 105 Å². The number of nitrogens with one attached hydrogen (secondary N) is 2. The van der Waals surface area contributed by atoms with Crippen molar-refractivity contribution in [2.45, 2.75) is 45.4 Å². The van der Waals surface area contributed by atoms with E-state index in [4.69, 9.17) is 32.6 Å². The van der Waals surface area contributed by atoms with Gasteiger partial charge in [-0.15, -0.1) is 0 Å². The van der Waals surface area contributed by atoms with Crippen LogP contribution < -0.4 is 42.6 Å². The molecule has 1 aromatic heterocycles. The highest BCUT2D eigenvalue weighted by Gasteiger charge is 2.31. The molecule has 4 amide bonds. The van der Waals surface area contributed by atoms with Gasteiger partial charge in [-0.25, -0.2) is 35.7 Å². The predicted molar refractivity (Wildman–Crippen MR) is 433 cm³/mol. The number of nitrogen functional groups attached to an aromatic ring is 1. The van der Waals surface area contributed by atoms with Gasteiger partial charge in [0.2, 0.25) is 17.7 Å². The van der Waals surface area contributed by atoms with Gasteiger partial charge in [0.25, 0.3) is 11.5 Å². The van der Waals surface area contributed by atoms with Gasteiger partial charge in [-0.05, 0) is 263 Å². The Kier molecular flexibility index (Phi) is 34.4. The maximum atomic E-state index is 14.3. The largest absolute Gasteiger partial charge is 0.512 e. The molecule has 8 aromatic rings. The van der Waals surface area contributed by atoms with E-state index in [-0.39, 0.29) is 136 Å². The molecule has 0 aliphatic carbocycles. The number of ketones is 3. The van der Waals surface area contributed by atoms with Crippen LogP contribution in [-0.4, -0.2) is 81.8 Å². The molecule has 7 aromatic carbocycles. The first kappa shape index (κ1) is 87.2. The number of benzene rings is 7. The van der Waals surface area contributed by atoms with Crippen LogP contribution in [0.2, 0.25) is 0 Å². The predicted octanol–water partition coefficient (Wildman–Crippen LogP) is 14.9. The Morgan fingerprint density at radius 1 is 0.638 bits per heavy atom. The third-order valence-electron chi connectivity index (χ3n) is 13.6. The molecule has 0 atom stereocenters. The van der Waals surface area contributed by atoms with E-state index in [2.05, 4.69) is 10.3 Å². The molecule has 0 fully saturated rings. The Morgan fingerprint density at radius 3 is 1.62 bits per heavy atom. The Morgan fingerprint density at radius 2 is 1.13 bits per heavy atom. The number of nitrogens with zero attached hydrogens (tertiary/aromatic N) is 6. The van der Waals surface area contributed by atoms with Gasteiger partial charge in [0.05, 0.1) is 67.3 Å². The monoisotopic (exact) mass is 2120 g/mol. The third-order valence-corrected chi connectivity index (χ3v) is 17.7. The lowest BCUT2D eigenvalue weighted by Gasteiger charge is -2.26. The summed E-state index contributed by atoms with van der Waals surface area (Å²) < 4.78 is 106. The molecular weight excluding hydrogens is 2060 g/mol. The number of carbonyl (C=O) groups is 7. The maximum absolute atomic E-state index is 14.3. The number of halogens is 13. The van der Waals surface area contributed by atoms with Crippen LogP contribution in [0.4, 0.5) is 59.3 Å². The zero-order chi connectivity index (χ0) is 78.3. The van der Waals surface area contributed by atoms with E-state index in [0.29, 0.717) is 12.7 Å². The molecule has 105 heavy (non-hydrogen) atoms. The number of allylic oxidation sites excluding steroid dienone is 1. The SMILES string of the molecule is CN(C)C=NC1=CC(=O)CC(=O)N1c1ccc(I)cc1F.Cc1c(F)cccc1Oc1cc(=O)n(C)c(Nc2ccc(I)cc2F)c1C(N)=O.N#CCC(=O)CC(=O)Cc1ccc(I)cc1F.N=C1C=C(O)CC(=O)N1c1ccc(I)cc1F.NC(=O)Cc1ccc(I)cc1F.Nc1ccc(I)cc1F. The highest BCUT2D eigenvalue weighted by atomic mass is 127. The summed E-state index contributed by atoms with van der Waals surface area (Å²) in [5.41, 5.74) is 16.2. The van der Waals surface area contributed by atoms with Crippen molar-refractivity contribution >= 4 is 217 Å². The zero-order valence-electron chi connectivity index (χ0n) is 55.1. The fourth-order valence-corrected chi connectivity index (χ4v) is 11.4. The standard InChI is InChI=1S/C20H16F2IN3O3.C14H13FIN3O2.C12H9FINO2.C11H8FIN2O2.C8H7FINO.C6H5FIN/c1-10-12(21)4-3-5-15(10)29-16-9-17(27)26(2)20(18(16)19(24)28)25-14-7-6-11(23)8-13(14)22;1-18(2)8-17-13-6-10(20)7-14(21)19(13)12-4-3-9(16)5-11(12)15;13-12-6-9(14)2-1-8(12)5-11(17)7-10(16)3-4-15;12-8-3-6(13)1-2-9(8)15-10(14)4-7(16)5-11(15)17;9-7-4-6(10)2-1-5(7)3-8(11)12;7-5-3-4(8)1-2-6(5)9/h3-9,25H,1-2H3,(H2,24,28);3-6,8H,7H2,1-2H3;1-2,6H,3,5,7H2;1-4,14,16H,5H2;1-2,4H,3H2,(H2,11,12);1-3H,9H2. The Hall–Kier alpha value is -8.42. The Labute approximate surface area is 677 Å². The minimum absolute atomic E-state index is 0.0316. The number of carbonyl (C=O) groups excluding carboxylic acids is 7. The average Bonchev–Trinajstić information content (AvgIpc) is 0.794. The van der Waals surface area contributed by atoms with Gasteiger partial charge >= 0.3 is 0 Å². The van der Waals surface area contributed by atoms with Gasteiger partial charge < -0.3 is 37.3 Å². The van der Waals surface area contributed by atoms with Crippen molar-refractivity contribution in [3.05, 3.63) is 252 Å². The van der Waals surface area contributed by atoms with Crippen LogP contribution in [0, 0.1) is 85.8 Å². The van der Waals surface area contributed by atoms with Crippen molar-refractivity contribution in [2.24, 2.45) is 23.5 Å². The number of primary amides is 2. The molecule has 34 heteroatoms. The summed E-state index contributed by atoms with van der Waals surface area (Å²) in [5.74, 6) is -7.31. The van der Waals surface area contributed by atoms with Crippen molar-refractivity contribution < 1.29 is 74.1 Å². The Balaban J connectivity index is 0.000000234. The quantitative estimate of drug-likeness (QED) is 0.0131. The normalized spacial score (nSPS) is 12.2. The van der Waals surface area contributed by atoms with Crippen LogP contribution in [0.25, 0.3) is 0 Å². The zero-order valence-corrected chi connectivity index (χ0v) is 68.1. The average molecular weight is 2120 g/mol. The number of nitriles is 1. The fourth-order valence-electron chi connectivity index (χ4n) is 8.71. The van der Waals surface area contributed by atoms with Gasteiger partial charge in [-0.3, -0.25) is 58.1 Å². The number of Topliss-reactive ketones (excluding diaryl/α,β-unsaturated/α-hetero) is 2. The molecule has 2 aliphatic rings. The molecule has 0 saturated carbocycles. The summed E-state index contributed by atoms with van der Waals surface area (Å²) in [6.07, 6.45) is 2.61. The number of hydrogen-bond acceptors (Lipinski definition) is 15. The van der Waals surface area contributed by atoms with Gasteiger partial charge in [0.15, 0.2) is 11.6 Å². The Bertz CT molecular complexity index is 4890. The second-order valence-electron chi connectivity index (χ2n) is 22.0. The summed E-state index contributed by atoms with van der Waals surface area (Å²) in [6, 6.07) is 34.2. The van der Waals surface area contributed by atoms with Crippen molar-refractivity contribution in [1.29, 1.82) is 10.7 Å².